The van der Waals surface area contributed by atoms with E-state index < -0.39 is 0 Å². The van der Waals surface area contributed by atoms with Crippen LogP contribution in [0.1, 0.15) is 17.5 Å². The Bertz CT molecular complexity index is 550. The van der Waals surface area contributed by atoms with Crippen molar-refractivity contribution >= 4 is 17.2 Å². The van der Waals surface area contributed by atoms with E-state index in [4.69, 9.17) is 22.3 Å². The van der Waals surface area contributed by atoms with Crippen molar-refractivity contribution in [3.63, 3.8) is 0 Å². The zero-order chi connectivity index (χ0) is 13.1. The Labute approximate surface area is 106 Å². The van der Waals surface area contributed by atoms with Gasteiger partial charge in [-0.2, -0.15) is 0 Å². The van der Waals surface area contributed by atoms with Crippen molar-refractivity contribution in [2.75, 3.05) is 0 Å². The molecule has 4 heteroatoms. The molecule has 1 aromatic rings. The van der Waals surface area contributed by atoms with E-state index in [1.54, 1.807) is 0 Å². The number of nitrogens with one attached hydrogen (secondary N) is 2. The maximum Gasteiger partial charge on any atom is 0.122 e. The summed E-state index contributed by atoms with van der Waals surface area (Å²) >= 11 is 0. The summed E-state index contributed by atoms with van der Waals surface area (Å²) in [5.41, 5.74) is 14.4. The predicted molar refractivity (Wildman–Crippen MR) is 74.3 cm³/mol. The standard InChI is InChI=1S/C14H15N4/c15-13(16)10-6-4-9(5-7-10)11-2-1-3-12(8-11)14(17)18/h2-8H,1H2,(H3,15,16)(H3,17,18). The van der Waals surface area contributed by atoms with Gasteiger partial charge in [-0.3, -0.25) is 10.8 Å². The first-order valence-corrected chi connectivity index (χ1v) is 5.62. The van der Waals surface area contributed by atoms with Crippen molar-refractivity contribution in [2.24, 2.45) is 11.5 Å². The molecule has 1 aromatic carbocycles. The average Bonchev–Trinajstić information content (AvgIpc) is 2.39. The second-order valence-electron chi connectivity index (χ2n) is 4.10. The van der Waals surface area contributed by atoms with Crippen LogP contribution in [0.2, 0.25) is 0 Å². The molecule has 91 valence electrons. The van der Waals surface area contributed by atoms with Gasteiger partial charge < -0.3 is 11.5 Å². The summed E-state index contributed by atoms with van der Waals surface area (Å²) in [6.45, 7) is 0. The molecule has 0 heterocycles. The summed E-state index contributed by atoms with van der Waals surface area (Å²) in [5, 5.41) is 14.8. The number of amidine groups is 2. The molecule has 0 aromatic heterocycles. The lowest BCUT2D eigenvalue weighted by Crippen LogP contribution is -2.13. The molecule has 2 rings (SSSR count). The Morgan fingerprint density at radius 3 is 2.22 bits per heavy atom. The molecule has 1 aliphatic rings. The molecule has 0 amide bonds. The molecule has 0 saturated carbocycles. The van der Waals surface area contributed by atoms with Crippen LogP contribution in [0.5, 0.6) is 0 Å². The van der Waals surface area contributed by atoms with Gasteiger partial charge in [0.15, 0.2) is 0 Å². The van der Waals surface area contributed by atoms with E-state index in [0.717, 1.165) is 23.1 Å². The van der Waals surface area contributed by atoms with Gasteiger partial charge in [-0.05, 0) is 30.1 Å². The first kappa shape index (κ1) is 12.1. The smallest absolute Gasteiger partial charge is 0.122 e. The first-order chi connectivity index (χ1) is 8.58. The van der Waals surface area contributed by atoms with Gasteiger partial charge in [-0.1, -0.05) is 30.3 Å². The summed E-state index contributed by atoms with van der Waals surface area (Å²) in [4.78, 5) is 0. The Balaban J connectivity index is 2.29. The maximum atomic E-state index is 7.44. The third kappa shape index (κ3) is 2.48. The predicted octanol–water partition coefficient (Wildman–Crippen LogP) is 1.82. The number of nitrogens with two attached hydrogens (primary N) is 2. The SMILES string of the molecule is N=C(N)C1=CC[CH]C(c2ccc(C(=N)N)cc2)=C1. The minimum atomic E-state index is 0.0625. The third-order valence-electron chi connectivity index (χ3n) is 2.83. The van der Waals surface area contributed by atoms with Crippen molar-refractivity contribution in [2.45, 2.75) is 6.42 Å². The van der Waals surface area contributed by atoms with Crippen LogP contribution in [0.15, 0.2) is 42.0 Å². The molecule has 18 heavy (non-hydrogen) atoms. The number of allylic oxidation sites excluding steroid dienone is 2. The summed E-state index contributed by atoms with van der Waals surface area (Å²) < 4.78 is 0. The van der Waals surface area contributed by atoms with E-state index in [9.17, 15) is 0 Å². The molecule has 1 aliphatic carbocycles. The molecule has 0 aliphatic heterocycles. The van der Waals surface area contributed by atoms with Crippen LogP contribution in [0.4, 0.5) is 0 Å². The zero-order valence-electron chi connectivity index (χ0n) is 9.90. The zero-order valence-corrected chi connectivity index (χ0v) is 9.90. The van der Waals surface area contributed by atoms with Crippen molar-refractivity contribution in [1.82, 2.24) is 0 Å². The molecular weight excluding hydrogens is 224 g/mol. The van der Waals surface area contributed by atoms with Gasteiger partial charge in [0.2, 0.25) is 0 Å². The monoisotopic (exact) mass is 239 g/mol. The van der Waals surface area contributed by atoms with Crippen LogP contribution in [-0.2, 0) is 0 Å². The second kappa shape index (κ2) is 4.87. The van der Waals surface area contributed by atoms with E-state index >= 15 is 0 Å². The summed E-state index contributed by atoms with van der Waals surface area (Å²) in [5.74, 6) is 0.147. The minimum Gasteiger partial charge on any atom is -0.384 e. The molecule has 6 N–H and O–H groups in total. The lowest BCUT2D eigenvalue weighted by Gasteiger charge is -2.13. The fraction of sp³-hybridized carbons (Fsp3) is 0.0714. The number of hydrogen-bond donors (Lipinski definition) is 4. The van der Waals surface area contributed by atoms with Gasteiger partial charge >= 0.3 is 0 Å². The van der Waals surface area contributed by atoms with Crippen LogP contribution < -0.4 is 11.5 Å². The molecular formula is C14H15N4. The van der Waals surface area contributed by atoms with Gasteiger partial charge in [-0.15, -0.1) is 0 Å². The Morgan fingerprint density at radius 1 is 1.00 bits per heavy atom. The molecule has 0 atom stereocenters. The molecule has 1 radical (unpaired) electrons. The van der Waals surface area contributed by atoms with E-state index in [1.807, 2.05) is 36.4 Å². The highest BCUT2D eigenvalue weighted by atomic mass is 14.7. The van der Waals surface area contributed by atoms with Crippen molar-refractivity contribution < 1.29 is 0 Å². The normalized spacial score (nSPS) is 14.7. The molecule has 0 saturated heterocycles. The Morgan fingerprint density at radius 2 is 1.67 bits per heavy atom. The van der Waals surface area contributed by atoms with E-state index in [0.29, 0.717) is 5.56 Å². The van der Waals surface area contributed by atoms with Crippen LogP contribution in [0, 0.1) is 17.2 Å². The van der Waals surface area contributed by atoms with Gasteiger partial charge in [0, 0.05) is 11.1 Å². The van der Waals surface area contributed by atoms with Gasteiger partial charge in [0.1, 0.15) is 11.7 Å². The maximum absolute atomic E-state index is 7.44. The Hall–Kier alpha value is -2.36. The van der Waals surface area contributed by atoms with E-state index in [1.165, 1.54) is 0 Å². The van der Waals surface area contributed by atoms with Crippen LogP contribution >= 0.6 is 0 Å². The highest BCUT2D eigenvalue weighted by molar-refractivity contribution is 6.00. The van der Waals surface area contributed by atoms with E-state index in [-0.39, 0.29) is 11.7 Å². The fourth-order valence-corrected chi connectivity index (χ4v) is 1.83. The average molecular weight is 239 g/mol. The van der Waals surface area contributed by atoms with Crippen molar-refractivity contribution in [3.8, 4) is 0 Å². The summed E-state index contributed by atoms with van der Waals surface area (Å²) in [6, 6.07) is 7.47. The minimum absolute atomic E-state index is 0.0625. The van der Waals surface area contributed by atoms with Crippen LogP contribution in [0.25, 0.3) is 5.57 Å². The molecule has 0 spiro atoms. The molecule has 0 fully saturated rings. The molecule has 0 bridgehead atoms. The van der Waals surface area contributed by atoms with Gasteiger partial charge in [-0.25, -0.2) is 0 Å². The number of rotatable bonds is 3. The largest absolute Gasteiger partial charge is 0.384 e. The Kier molecular flexibility index (Phi) is 3.28. The number of nitrogen functional groups attached to an aromatic ring is 1. The van der Waals surface area contributed by atoms with Crippen LogP contribution in [0.3, 0.4) is 0 Å². The van der Waals surface area contributed by atoms with E-state index in [2.05, 4.69) is 6.42 Å². The lowest BCUT2D eigenvalue weighted by molar-refractivity contribution is 1.24. The molecule has 0 unspecified atom stereocenters. The van der Waals surface area contributed by atoms with Crippen molar-refractivity contribution in [3.05, 3.63) is 59.5 Å². The molecule has 4 nitrogen and oxygen atoms in total. The highest BCUT2D eigenvalue weighted by Gasteiger charge is 2.09. The quantitative estimate of drug-likeness (QED) is 0.478. The van der Waals surface area contributed by atoms with Gasteiger partial charge in [0.05, 0.1) is 0 Å². The first-order valence-electron chi connectivity index (χ1n) is 5.62. The second-order valence-corrected chi connectivity index (χ2v) is 4.10. The van der Waals surface area contributed by atoms with Crippen LogP contribution in [-0.4, -0.2) is 11.7 Å². The highest BCUT2D eigenvalue weighted by Crippen LogP contribution is 2.25. The topological polar surface area (TPSA) is 99.7 Å². The third-order valence-corrected chi connectivity index (χ3v) is 2.83. The number of benzene rings is 1. The fourth-order valence-electron chi connectivity index (χ4n) is 1.83. The van der Waals surface area contributed by atoms with Crippen molar-refractivity contribution in [1.29, 1.82) is 10.8 Å². The lowest BCUT2D eigenvalue weighted by atomic mass is 9.93. The summed E-state index contributed by atoms with van der Waals surface area (Å²) in [6.07, 6.45) is 6.68. The number of hydrogen-bond acceptors (Lipinski definition) is 2. The van der Waals surface area contributed by atoms with Gasteiger partial charge in [0.25, 0.3) is 0 Å². The summed E-state index contributed by atoms with van der Waals surface area (Å²) in [7, 11) is 0.